The Kier molecular flexibility index (Phi) is 4.40. The molecule has 2 heterocycles. The van der Waals surface area contributed by atoms with Crippen LogP contribution in [0.5, 0.6) is 0 Å². The summed E-state index contributed by atoms with van der Waals surface area (Å²) in [5, 5.41) is 7.19. The highest BCUT2D eigenvalue weighted by atomic mass is 79.9. The van der Waals surface area contributed by atoms with E-state index in [1.807, 2.05) is 6.07 Å². The molecule has 0 amide bonds. The molecule has 0 saturated heterocycles. The first-order valence-corrected chi connectivity index (χ1v) is 13.2. The van der Waals surface area contributed by atoms with Gasteiger partial charge in [0.2, 0.25) is 0 Å². The van der Waals surface area contributed by atoms with Crippen LogP contribution < -0.4 is 0 Å². The molecule has 0 spiro atoms. The third kappa shape index (κ3) is 2.98. The second-order valence-corrected chi connectivity index (χ2v) is 10.4. The van der Waals surface area contributed by atoms with Crippen molar-refractivity contribution < 1.29 is 4.42 Å². The van der Waals surface area contributed by atoms with E-state index in [4.69, 9.17) is 4.42 Å². The van der Waals surface area contributed by atoms with Crippen LogP contribution in [0.3, 0.4) is 0 Å². The van der Waals surface area contributed by atoms with E-state index in [0.717, 1.165) is 37.5 Å². The highest BCUT2D eigenvalue weighted by Gasteiger charge is 2.22. The number of hydrogen-bond donors (Lipinski definition) is 0. The van der Waals surface area contributed by atoms with Gasteiger partial charge in [-0.2, -0.15) is 0 Å². The maximum atomic E-state index is 6.63. The van der Waals surface area contributed by atoms with Gasteiger partial charge in [0.25, 0.3) is 0 Å². The van der Waals surface area contributed by atoms with Gasteiger partial charge in [0.1, 0.15) is 11.2 Å². The number of para-hydroxylation sites is 2. The highest BCUT2D eigenvalue weighted by Crippen LogP contribution is 2.45. The zero-order valence-corrected chi connectivity index (χ0v) is 21.4. The van der Waals surface area contributed by atoms with Crippen molar-refractivity contribution in [3.8, 4) is 16.8 Å². The summed E-state index contributed by atoms with van der Waals surface area (Å²) in [6, 6.07) is 43.1. The smallest absolute Gasteiger partial charge is 0.145 e. The predicted molar refractivity (Wildman–Crippen MR) is 159 cm³/mol. The van der Waals surface area contributed by atoms with Crippen LogP contribution in [0.1, 0.15) is 0 Å². The fourth-order valence-corrected chi connectivity index (χ4v) is 6.10. The summed E-state index contributed by atoms with van der Waals surface area (Å²) >= 11 is 3.59. The topological polar surface area (TPSA) is 18.1 Å². The van der Waals surface area contributed by atoms with Gasteiger partial charge in [0.05, 0.1) is 22.1 Å². The molecule has 8 aromatic rings. The first-order valence-electron chi connectivity index (χ1n) is 12.4. The molecule has 0 bridgehead atoms. The number of fused-ring (bicyclic) bond motifs is 8. The molecule has 0 radical (unpaired) electrons. The largest absolute Gasteiger partial charge is 0.455 e. The first kappa shape index (κ1) is 20.8. The Bertz CT molecular complexity index is 2140. The van der Waals surface area contributed by atoms with Crippen LogP contribution in [0.25, 0.3) is 71.3 Å². The number of hydrogen-bond acceptors (Lipinski definition) is 1. The first-order chi connectivity index (χ1) is 18.3. The standard InChI is InChI=1S/C34H20BrNO/c35-23-18-16-22(17-19-23)27-20-28-25-11-3-5-13-30(25)36(29-14-7-9-21-8-1-2-10-24(21)29)33(28)32-26-12-4-6-15-31(26)37-34(27)32/h1-20H. The van der Waals surface area contributed by atoms with Gasteiger partial charge in [-0.05, 0) is 47.3 Å². The van der Waals surface area contributed by atoms with E-state index in [1.54, 1.807) is 0 Å². The lowest BCUT2D eigenvalue weighted by molar-refractivity contribution is 0.670. The van der Waals surface area contributed by atoms with E-state index in [2.05, 4.69) is 136 Å². The van der Waals surface area contributed by atoms with Crippen molar-refractivity contribution in [2.24, 2.45) is 0 Å². The van der Waals surface area contributed by atoms with Crippen molar-refractivity contribution in [1.82, 2.24) is 4.57 Å². The average Bonchev–Trinajstić information content (AvgIpc) is 3.49. The van der Waals surface area contributed by atoms with E-state index >= 15 is 0 Å². The zero-order chi connectivity index (χ0) is 24.5. The van der Waals surface area contributed by atoms with Gasteiger partial charge < -0.3 is 8.98 Å². The molecule has 0 saturated carbocycles. The second-order valence-electron chi connectivity index (χ2n) is 9.48. The van der Waals surface area contributed by atoms with E-state index in [0.29, 0.717) is 0 Å². The minimum Gasteiger partial charge on any atom is -0.455 e. The minimum absolute atomic E-state index is 0.901. The second kappa shape index (κ2) is 7.83. The number of rotatable bonds is 2. The molecule has 0 fully saturated rings. The van der Waals surface area contributed by atoms with Gasteiger partial charge in [0.15, 0.2) is 0 Å². The lowest BCUT2D eigenvalue weighted by Gasteiger charge is -2.13. The van der Waals surface area contributed by atoms with Gasteiger partial charge in [-0.3, -0.25) is 0 Å². The summed E-state index contributed by atoms with van der Waals surface area (Å²) in [5.74, 6) is 0. The van der Waals surface area contributed by atoms with E-state index < -0.39 is 0 Å². The van der Waals surface area contributed by atoms with E-state index in [9.17, 15) is 0 Å². The van der Waals surface area contributed by atoms with E-state index in [1.165, 1.54) is 38.3 Å². The molecule has 8 rings (SSSR count). The van der Waals surface area contributed by atoms with Gasteiger partial charge in [0, 0.05) is 31.6 Å². The normalized spacial score (nSPS) is 11.9. The summed E-state index contributed by atoms with van der Waals surface area (Å²) in [7, 11) is 0. The fraction of sp³-hybridized carbons (Fsp3) is 0. The SMILES string of the molecule is Brc1ccc(-c2cc3c4ccccc4n(-c4cccc5ccccc45)c3c3c2oc2ccccc23)cc1. The molecule has 6 aromatic carbocycles. The molecule has 0 aliphatic carbocycles. The van der Waals surface area contributed by atoms with Gasteiger partial charge >= 0.3 is 0 Å². The predicted octanol–water partition coefficient (Wildman–Crippen LogP) is 10.3. The van der Waals surface area contributed by atoms with E-state index in [-0.39, 0.29) is 0 Å². The average molecular weight is 538 g/mol. The monoisotopic (exact) mass is 537 g/mol. The Balaban J connectivity index is 1.65. The molecular weight excluding hydrogens is 518 g/mol. The van der Waals surface area contributed by atoms with Gasteiger partial charge in [-0.15, -0.1) is 0 Å². The number of nitrogens with zero attached hydrogens (tertiary/aromatic N) is 1. The van der Waals surface area contributed by atoms with Crippen LogP contribution in [0, 0.1) is 0 Å². The number of aromatic nitrogens is 1. The van der Waals surface area contributed by atoms with Crippen molar-refractivity contribution in [2.75, 3.05) is 0 Å². The third-order valence-electron chi connectivity index (χ3n) is 7.44. The molecule has 0 aliphatic rings. The van der Waals surface area contributed by atoms with Crippen LogP contribution in [0.4, 0.5) is 0 Å². The van der Waals surface area contributed by atoms with Crippen LogP contribution in [-0.4, -0.2) is 4.57 Å². The van der Waals surface area contributed by atoms with Crippen molar-refractivity contribution in [3.05, 3.63) is 126 Å². The quantitative estimate of drug-likeness (QED) is 0.214. The molecule has 2 aromatic heterocycles. The maximum absolute atomic E-state index is 6.63. The lowest BCUT2D eigenvalue weighted by Crippen LogP contribution is -1.96. The highest BCUT2D eigenvalue weighted by molar-refractivity contribution is 9.10. The molecule has 0 unspecified atom stereocenters. The Morgan fingerprint density at radius 1 is 0.595 bits per heavy atom. The maximum Gasteiger partial charge on any atom is 0.145 e. The summed E-state index contributed by atoms with van der Waals surface area (Å²) in [4.78, 5) is 0. The fourth-order valence-electron chi connectivity index (χ4n) is 5.83. The van der Waals surface area contributed by atoms with Crippen LogP contribution in [-0.2, 0) is 0 Å². The Labute approximate surface area is 221 Å². The molecule has 0 atom stereocenters. The lowest BCUT2D eigenvalue weighted by atomic mass is 9.98. The number of halogens is 1. The Hall–Kier alpha value is -4.34. The zero-order valence-electron chi connectivity index (χ0n) is 19.8. The van der Waals surface area contributed by atoms with Gasteiger partial charge in [-0.1, -0.05) is 101 Å². The summed E-state index contributed by atoms with van der Waals surface area (Å²) in [6.45, 7) is 0. The number of benzene rings is 6. The molecule has 37 heavy (non-hydrogen) atoms. The van der Waals surface area contributed by atoms with Crippen molar-refractivity contribution in [3.63, 3.8) is 0 Å². The van der Waals surface area contributed by atoms with Crippen LogP contribution in [0.15, 0.2) is 130 Å². The molecule has 0 N–H and O–H groups in total. The van der Waals surface area contributed by atoms with Crippen LogP contribution in [0.2, 0.25) is 0 Å². The van der Waals surface area contributed by atoms with Crippen molar-refractivity contribution in [1.29, 1.82) is 0 Å². The summed E-state index contributed by atoms with van der Waals surface area (Å²) in [6.07, 6.45) is 0. The van der Waals surface area contributed by atoms with Crippen molar-refractivity contribution >= 4 is 70.4 Å². The molecular formula is C34H20BrNO. The molecule has 0 aliphatic heterocycles. The molecule has 3 heteroatoms. The molecule has 2 nitrogen and oxygen atoms in total. The minimum atomic E-state index is 0.901. The van der Waals surface area contributed by atoms with Crippen molar-refractivity contribution in [2.45, 2.75) is 0 Å². The Morgan fingerprint density at radius 2 is 1.30 bits per heavy atom. The third-order valence-corrected chi connectivity index (χ3v) is 7.97. The Morgan fingerprint density at radius 3 is 2.16 bits per heavy atom. The summed E-state index contributed by atoms with van der Waals surface area (Å²) in [5.41, 5.74) is 7.60. The number of furan rings is 1. The summed E-state index contributed by atoms with van der Waals surface area (Å²) < 4.78 is 10.1. The van der Waals surface area contributed by atoms with Crippen LogP contribution >= 0.6 is 15.9 Å². The van der Waals surface area contributed by atoms with Gasteiger partial charge in [-0.25, -0.2) is 0 Å². The molecule has 174 valence electrons.